The van der Waals surface area contributed by atoms with Gasteiger partial charge in [0, 0.05) is 55.8 Å². The molecule has 1 atom stereocenters. The number of nitrogens with one attached hydrogen (secondary N) is 2. The smallest absolute Gasteiger partial charge is 0.177 e. The Labute approximate surface area is 217 Å². The van der Waals surface area contributed by atoms with Crippen LogP contribution in [-0.4, -0.2) is 60.8 Å². The van der Waals surface area contributed by atoms with E-state index in [1.54, 1.807) is 30.3 Å². The molecule has 2 aromatic heterocycles. The second-order valence-electron chi connectivity index (χ2n) is 10.5. The molecular formula is C27H32N6O3S. The van der Waals surface area contributed by atoms with Gasteiger partial charge in [-0.3, -0.25) is 4.90 Å². The molecule has 194 valence electrons. The highest BCUT2D eigenvalue weighted by molar-refractivity contribution is 7.90. The second-order valence-corrected chi connectivity index (χ2v) is 12.4. The van der Waals surface area contributed by atoms with Crippen LogP contribution < -0.4 is 10.6 Å². The van der Waals surface area contributed by atoms with Crippen molar-refractivity contribution in [2.24, 2.45) is 5.41 Å². The molecular weight excluding hydrogens is 488 g/mol. The minimum atomic E-state index is -3.38. The molecule has 1 unspecified atom stereocenters. The maximum absolute atomic E-state index is 12.1. The number of sulfone groups is 1. The fraction of sp³-hybridized carbons (Fsp3) is 0.444. The highest BCUT2D eigenvalue weighted by Gasteiger charge is 2.47. The first-order valence-electron chi connectivity index (χ1n) is 12.9. The Morgan fingerprint density at radius 2 is 1.76 bits per heavy atom. The lowest BCUT2D eigenvalue weighted by Gasteiger charge is -2.55. The zero-order valence-electron chi connectivity index (χ0n) is 21.0. The van der Waals surface area contributed by atoms with E-state index in [1.807, 2.05) is 6.07 Å². The number of ether oxygens (including phenoxy) is 1. The number of nitrogens with zero attached hydrogens (tertiary/aromatic N) is 4. The number of aromatic nitrogens is 3. The van der Waals surface area contributed by atoms with Gasteiger partial charge in [0.2, 0.25) is 0 Å². The van der Waals surface area contributed by atoms with E-state index < -0.39 is 9.84 Å². The zero-order valence-corrected chi connectivity index (χ0v) is 21.8. The van der Waals surface area contributed by atoms with Crippen LogP contribution in [0.1, 0.15) is 43.0 Å². The summed E-state index contributed by atoms with van der Waals surface area (Å²) < 4.78 is 29.9. The van der Waals surface area contributed by atoms with Gasteiger partial charge in [0.05, 0.1) is 10.6 Å². The quantitative estimate of drug-likeness (QED) is 0.493. The number of para-hydroxylation sites is 1. The summed E-state index contributed by atoms with van der Waals surface area (Å²) in [6.07, 6.45) is 8.30. The van der Waals surface area contributed by atoms with Gasteiger partial charge < -0.3 is 15.4 Å². The van der Waals surface area contributed by atoms with Gasteiger partial charge in [-0.05, 0) is 55.9 Å². The van der Waals surface area contributed by atoms with Gasteiger partial charge in [-0.25, -0.2) is 23.4 Å². The first-order chi connectivity index (χ1) is 17.9. The van der Waals surface area contributed by atoms with Crippen molar-refractivity contribution in [3.63, 3.8) is 0 Å². The Balaban J connectivity index is 1.16. The largest absolute Gasteiger partial charge is 0.381 e. The van der Waals surface area contributed by atoms with Crippen molar-refractivity contribution >= 4 is 33.0 Å². The molecule has 0 amide bonds. The lowest BCUT2D eigenvalue weighted by atomic mass is 9.71. The molecule has 3 aliphatic rings. The van der Waals surface area contributed by atoms with Crippen molar-refractivity contribution in [3.05, 3.63) is 60.0 Å². The van der Waals surface area contributed by atoms with E-state index in [4.69, 9.17) is 9.72 Å². The predicted octanol–water partition coefficient (Wildman–Crippen LogP) is 4.25. The van der Waals surface area contributed by atoms with Crippen molar-refractivity contribution in [1.82, 2.24) is 19.9 Å². The van der Waals surface area contributed by atoms with Crippen molar-refractivity contribution < 1.29 is 13.2 Å². The molecule has 0 bridgehead atoms. The molecule has 2 saturated heterocycles. The van der Waals surface area contributed by atoms with Gasteiger partial charge in [0.1, 0.15) is 23.8 Å². The first kappa shape index (κ1) is 24.3. The normalized spacial score (nSPS) is 21.2. The summed E-state index contributed by atoms with van der Waals surface area (Å²) in [5.74, 6) is 1.81. The molecule has 2 aliphatic heterocycles. The number of anilines is 4. The standard InChI is InChI=1S/C27H32N6O3S/c1-37(34,35)23-8-3-2-5-21(23)31-25-15-26(29-18-28-25)32-24-10-9-19-20(30-24)6-4-7-22(19)33-16-27(17-33)11-13-36-14-12-27/h2-3,5,8-10,15,18,22H,4,6-7,11-14,16-17H2,1H3,(H2,28,29,30,31,32). The van der Waals surface area contributed by atoms with E-state index in [9.17, 15) is 8.42 Å². The summed E-state index contributed by atoms with van der Waals surface area (Å²) in [5, 5.41) is 6.40. The zero-order chi connectivity index (χ0) is 25.5. The lowest BCUT2D eigenvalue weighted by Crippen LogP contribution is -2.59. The van der Waals surface area contributed by atoms with Gasteiger partial charge in [-0.15, -0.1) is 0 Å². The molecule has 1 aliphatic carbocycles. The van der Waals surface area contributed by atoms with Crippen LogP contribution in [0.4, 0.5) is 23.1 Å². The van der Waals surface area contributed by atoms with Crippen LogP contribution in [0.3, 0.4) is 0 Å². The molecule has 10 heteroatoms. The topological polar surface area (TPSA) is 109 Å². The van der Waals surface area contributed by atoms with Crippen LogP contribution in [0.25, 0.3) is 0 Å². The monoisotopic (exact) mass is 520 g/mol. The summed E-state index contributed by atoms with van der Waals surface area (Å²) in [6.45, 7) is 4.13. The minimum absolute atomic E-state index is 0.221. The molecule has 0 radical (unpaired) electrons. The fourth-order valence-electron chi connectivity index (χ4n) is 5.90. The minimum Gasteiger partial charge on any atom is -0.381 e. The van der Waals surface area contributed by atoms with Crippen molar-refractivity contribution in [3.8, 4) is 0 Å². The van der Waals surface area contributed by atoms with Crippen LogP contribution in [0.15, 0.2) is 53.7 Å². The maximum Gasteiger partial charge on any atom is 0.177 e. The summed E-state index contributed by atoms with van der Waals surface area (Å²) in [7, 11) is -3.38. The highest BCUT2D eigenvalue weighted by atomic mass is 32.2. The second kappa shape index (κ2) is 9.66. The molecule has 3 aromatic rings. The number of rotatable bonds is 6. The molecule has 4 heterocycles. The molecule has 2 fully saturated rings. The Hall–Kier alpha value is -3.08. The summed E-state index contributed by atoms with van der Waals surface area (Å²) in [5.41, 5.74) is 3.44. The number of aryl methyl sites for hydroxylation is 1. The molecule has 0 saturated carbocycles. The van der Waals surface area contributed by atoms with E-state index in [1.165, 1.54) is 50.5 Å². The predicted molar refractivity (Wildman–Crippen MR) is 142 cm³/mol. The number of likely N-dealkylation sites (tertiary alicyclic amines) is 1. The number of fused-ring (bicyclic) bond motifs is 1. The third kappa shape index (κ3) is 5.05. The van der Waals surface area contributed by atoms with Crippen LogP contribution >= 0.6 is 0 Å². The van der Waals surface area contributed by atoms with Gasteiger partial charge in [-0.1, -0.05) is 18.2 Å². The summed E-state index contributed by atoms with van der Waals surface area (Å²) in [4.78, 5) is 16.4. The first-order valence-corrected chi connectivity index (χ1v) is 14.7. The van der Waals surface area contributed by atoms with Crippen LogP contribution in [0.2, 0.25) is 0 Å². The van der Waals surface area contributed by atoms with Gasteiger partial charge >= 0.3 is 0 Å². The fourth-order valence-corrected chi connectivity index (χ4v) is 6.74. The number of hydrogen-bond donors (Lipinski definition) is 2. The highest BCUT2D eigenvalue weighted by Crippen LogP contribution is 2.46. The van der Waals surface area contributed by atoms with E-state index >= 15 is 0 Å². The van der Waals surface area contributed by atoms with Crippen LogP contribution in [0.5, 0.6) is 0 Å². The summed E-state index contributed by atoms with van der Waals surface area (Å²) in [6, 6.07) is 13.2. The Kier molecular flexibility index (Phi) is 6.34. The van der Waals surface area contributed by atoms with E-state index in [0.29, 0.717) is 28.8 Å². The third-order valence-corrected chi connectivity index (χ3v) is 8.96. The molecule has 1 spiro atoms. The SMILES string of the molecule is CS(=O)(=O)c1ccccc1Nc1cc(Nc2ccc3c(n2)CCCC3N2CC3(CCOCC3)C2)ncn1. The Morgan fingerprint density at radius 1 is 1.00 bits per heavy atom. The third-order valence-electron chi connectivity index (χ3n) is 7.80. The van der Waals surface area contributed by atoms with Gasteiger partial charge in [0.15, 0.2) is 9.84 Å². The summed E-state index contributed by atoms with van der Waals surface area (Å²) >= 11 is 0. The molecule has 37 heavy (non-hydrogen) atoms. The number of pyridine rings is 1. The lowest BCUT2D eigenvalue weighted by molar-refractivity contribution is -0.100. The molecule has 6 rings (SSSR count). The molecule has 1 aromatic carbocycles. The molecule has 9 nitrogen and oxygen atoms in total. The van der Waals surface area contributed by atoms with Crippen molar-refractivity contribution in [2.45, 2.75) is 43.0 Å². The van der Waals surface area contributed by atoms with Gasteiger partial charge in [0.25, 0.3) is 0 Å². The average Bonchev–Trinajstić information content (AvgIpc) is 2.87. The number of benzene rings is 1. The van der Waals surface area contributed by atoms with Crippen LogP contribution in [-0.2, 0) is 21.0 Å². The van der Waals surface area contributed by atoms with E-state index in [0.717, 1.165) is 37.6 Å². The number of hydrogen-bond acceptors (Lipinski definition) is 9. The average molecular weight is 521 g/mol. The molecule has 2 N–H and O–H groups in total. The van der Waals surface area contributed by atoms with Crippen molar-refractivity contribution in [1.29, 1.82) is 0 Å². The maximum atomic E-state index is 12.1. The van der Waals surface area contributed by atoms with E-state index in [2.05, 4.69) is 31.6 Å². The van der Waals surface area contributed by atoms with Gasteiger partial charge in [-0.2, -0.15) is 0 Å². The van der Waals surface area contributed by atoms with Crippen molar-refractivity contribution in [2.75, 3.05) is 43.2 Å². The Bertz CT molecular complexity index is 1400. The van der Waals surface area contributed by atoms with Crippen LogP contribution in [0, 0.1) is 5.41 Å². The van der Waals surface area contributed by atoms with E-state index in [-0.39, 0.29) is 4.90 Å². The Morgan fingerprint density at radius 3 is 2.54 bits per heavy atom.